The second-order valence-electron chi connectivity index (χ2n) is 4.91. The van der Waals surface area contributed by atoms with Gasteiger partial charge >= 0.3 is 6.09 Å². The van der Waals surface area contributed by atoms with Gasteiger partial charge in [-0.2, -0.15) is 0 Å². The van der Waals surface area contributed by atoms with Crippen molar-refractivity contribution >= 4 is 6.09 Å². The van der Waals surface area contributed by atoms with Crippen molar-refractivity contribution < 1.29 is 9.53 Å². The van der Waals surface area contributed by atoms with Crippen LogP contribution in [0.15, 0.2) is 18.2 Å². The van der Waals surface area contributed by atoms with Gasteiger partial charge in [-0.15, -0.1) is 0 Å². The number of likely N-dealkylation sites (tertiary alicyclic amines) is 1. The highest BCUT2D eigenvalue weighted by Gasteiger charge is 2.22. The van der Waals surface area contributed by atoms with Gasteiger partial charge in [-0.1, -0.05) is 18.2 Å². The summed E-state index contributed by atoms with van der Waals surface area (Å²) >= 11 is 0. The van der Waals surface area contributed by atoms with Crippen molar-refractivity contribution in [2.75, 3.05) is 13.1 Å². The molecule has 2 rings (SSSR count). The van der Waals surface area contributed by atoms with Crippen molar-refractivity contribution in [3.05, 3.63) is 29.3 Å². The number of ether oxygens (including phenoxy) is 1. The van der Waals surface area contributed by atoms with E-state index in [0.717, 1.165) is 24.0 Å². The molecule has 4 heteroatoms. The SMILES string of the molecule is Cc1cccc(C)c1OC(=O)N1CCC(N)CC1. The summed E-state index contributed by atoms with van der Waals surface area (Å²) in [7, 11) is 0. The lowest BCUT2D eigenvalue weighted by atomic mass is 10.1. The first-order valence-corrected chi connectivity index (χ1v) is 6.36. The molecule has 1 aromatic carbocycles. The summed E-state index contributed by atoms with van der Waals surface area (Å²) in [5.41, 5.74) is 7.79. The smallest absolute Gasteiger partial charge is 0.410 e. The molecule has 1 fully saturated rings. The molecule has 1 heterocycles. The first-order valence-electron chi connectivity index (χ1n) is 6.36. The molecule has 1 aromatic rings. The molecular weight excluding hydrogens is 228 g/mol. The first kappa shape index (κ1) is 12.9. The Morgan fingerprint density at radius 3 is 2.39 bits per heavy atom. The van der Waals surface area contributed by atoms with E-state index in [-0.39, 0.29) is 12.1 Å². The number of rotatable bonds is 1. The number of hydrogen-bond donors (Lipinski definition) is 1. The third-order valence-corrected chi connectivity index (χ3v) is 3.40. The van der Waals surface area contributed by atoms with Crippen LogP contribution in [-0.2, 0) is 0 Å². The lowest BCUT2D eigenvalue weighted by molar-refractivity contribution is 0.138. The Morgan fingerprint density at radius 2 is 1.83 bits per heavy atom. The molecule has 0 aromatic heterocycles. The largest absolute Gasteiger partial charge is 0.415 e. The molecule has 1 aliphatic rings. The molecule has 0 bridgehead atoms. The summed E-state index contributed by atoms with van der Waals surface area (Å²) in [6.07, 6.45) is 1.43. The van der Waals surface area contributed by atoms with Gasteiger partial charge in [-0.3, -0.25) is 0 Å². The maximum atomic E-state index is 12.0. The molecule has 1 amide bonds. The zero-order valence-electron chi connectivity index (χ0n) is 11.0. The lowest BCUT2D eigenvalue weighted by Gasteiger charge is -2.29. The fourth-order valence-electron chi connectivity index (χ4n) is 2.19. The summed E-state index contributed by atoms with van der Waals surface area (Å²) < 4.78 is 5.50. The van der Waals surface area contributed by atoms with E-state index in [4.69, 9.17) is 10.5 Å². The van der Waals surface area contributed by atoms with Crippen LogP contribution >= 0.6 is 0 Å². The summed E-state index contributed by atoms with van der Waals surface area (Å²) in [5, 5.41) is 0. The normalized spacial score (nSPS) is 16.7. The monoisotopic (exact) mass is 248 g/mol. The average Bonchev–Trinajstić information content (AvgIpc) is 2.34. The van der Waals surface area contributed by atoms with E-state index in [1.807, 2.05) is 32.0 Å². The molecule has 0 saturated carbocycles. The summed E-state index contributed by atoms with van der Waals surface area (Å²) in [4.78, 5) is 13.8. The minimum absolute atomic E-state index is 0.217. The van der Waals surface area contributed by atoms with Gasteiger partial charge in [0.05, 0.1) is 0 Å². The number of carbonyl (C=O) groups excluding carboxylic acids is 1. The van der Waals surface area contributed by atoms with Gasteiger partial charge in [0.15, 0.2) is 0 Å². The number of hydrogen-bond acceptors (Lipinski definition) is 3. The number of nitrogens with two attached hydrogens (primary N) is 1. The molecule has 0 unspecified atom stereocenters. The first-order chi connectivity index (χ1) is 8.58. The molecular formula is C14H20N2O2. The molecule has 0 atom stereocenters. The number of para-hydroxylation sites is 1. The average molecular weight is 248 g/mol. The summed E-state index contributed by atoms with van der Waals surface area (Å²) in [6.45, 7) is 5.26. The van der Waals surface area contributed by atoms with E-state index in [2.05, 4.69) is 0 Å². The topological polar surface area (TPSA) is 55.6 Å². The second kappa shape index (κ2) is 5.40. The van der Waals surface area contributed by atoms with Crippen LogP contribution in [0.25, 0.3) is 0 Å². The number of nitrogens with zero attached hydrogens (tertiary/aromatic N) is 1. The van der Waals surface area contributed by atoms with Gasteiger partial charge in [0, 0.05) is 19.1 Å². The zero-order chi connectivity index (χ0) is 13.1. The van der Waals surface area contributed by atoms with Crippen molar-refractivity contribution in [3.63, 3.8) is 0 Å². The predicted molar refractivity (Wildman–Crippen MR) is 70.7 cm³/mol. The van der Waals surface area contributed by atoms with Crippen molar-refractivity contribution in [2.24, 2.45) is 5.73 Å². The third kappa shape index (κ3) is 2.82. The predicted octanol–water partition coefficient (Wildman–Crippen LogP) is 2.23. The van der Waals surface area contributed by atoms with E-state index < -0.39 is 0 Å². The van der Waals surface area contributed by atoms with Crippen LogP contribution in [0.2, 0.25) is 0 Å². The fraction of sp³-hybridized carbons (Fsp3) is 0.500. The van der Waals surface area contributed by atoms with E-state index in [0.29, 0.717) is 18.8 Å². The van der Waals surface area contributed by atoms with Crippen LogP contribution in [0.3, 0.4) is 0 Å². The molecule has 2 N–H and O–H groups in total. The van der Waals surface area contributed by atoms with E-state index in [9.17, 15) is 4.79 Å². The van der Waals surface area contributed by atoms with E-state index in [1.165, 1.54) is 0 Å². The quantitative estimate of drug-likeness (QED) is 0.829. The second-order valence-corrected chi connectivity index (χ2v) is 4.91. The molecule has 0 radical (unpaired) electrons. The van der Waals surface area contributed by atoms with Crippen LogP contribution in [0.1, 0.15) is 24.0 Å². The lowest BCUT2D eigenvalue weighted by Crippen LogP contribution is -2.44. The Kier molecular flexibility index (Phi) is 3.87. The highest BCUT2D eigenvalue weighted by molar-refractivity contribution is 5.71. The highest BCUT2D eigenvalue weighted by Crippen LogP contribution is 2.23. The number of aryl methyl sites for hydroxylation is 2. The molecule has 18 heavy (non-hydrogen) atoms. The molecule has 98 valence electrons. The minimum atomic E-state index is -0.265. The van der Waals surface area contributed by atoms with Crippen LogP contribution < -0.4 is 10.5 Å². The number of carbonyl (C=O) groups is 1. The van der Waals surface area contributed by atoms with Crippen LogP contribution in [-0.4, -0.2) is 30.1 Å². The van der Waals surface area contributed by atoms with E-state index in [1.54, 1.807) is 4.90 Å². The maximum absolute atomic E-state index is 12.0. The van der Waals surface area contributed by atoms with Crippen LogP contribution in [0.5, 0.6) is 5.75 Å². The van der Waals surface area contributed by atoms with Crippen molar-refractivity contribution in [1.82, 2.24) is 4.90 Å². The third-order valence-electron chi connectivity index (χ3n) is 3.40. The minimum Gasteiger partial charge on any atom is -0.410 e. The van der Waals surface area contributed by atoms with Gasteiger partial charge in [0.25, 0.3) is 0 Å². The van der Waals surface area contributed by atoms with E-state index >= 15 is 0 Å². The number of benzene rings is 1. The Hall–Kier alpha value is -1.55. The standard InChI is InChI=1S/C14H20N2O2/c1-10-4-3-5-11(2)13(10)18-14(17)16-8-6-12(15)7-9-16/h3-5,12H,6-9,15H2,1-2H3. The molecule has 1 aliphatic heterocycles. The summed E-state index contributed by atoms with van der Waals surface area (Å²) in [6, 6.07) is 6.07. The van der Waals surface area contributed by atoms with Crippen LogP contribution in [0.4, 0.5) is 4.79 Å². The number of amides is 1. The van der Waals surface area contributed by atoms with Crippen LogP contribution in [0, 0.1) is 13.8 Å². The van der Waals surface area contributed by atoms with Gasteiger partial charge in [-0.25, -0.2) is 4.79 Å². The maximum Gasteiger partial charge on any atom is 0.415 e. The molecule has 0 aliphatic carbocycles. The van der Waals surface area contributed by atoms with Gasteiger partial charge < -0.3 is 15.4 Å². The van der Waals surface area contributed by atoms with Crippen molar-refractivity contribution in [2.45, 2.75) is 32.7 Å². The van der Waals surface area contributed by atoms with Gasteiger partial charge in [0.1, 0.15) is 5.75 Å². The number of piperidine rings is 1. The Labute approximate surface area is 108 Å². The zero-order valence-corrected chi connectivity index (χ0v) is 11.0. The van der Waals surface area contributed by atoms with Gasteiger partial charge in [0.2, 0.25) is 0 Å². The van der Waals surface area contributed by atoms with Crippen molar-refractivity contribution in [3.8, 4) is 5.75 Å². The Morgan fingerprint density at radius 1 is 1.28 bits per heavy atom. The molecule has 0 spiro atoms. The van der Waals surface area contributed by atoms with Gasteiger partial charge in [-0.05, 0) is 37.8 Å². The summed E-state index contributed by atoms with van der Waals surface area (Å²) in [5.74, 6) is 0.678. The molecule has 4 nitrogen and oxygen atoms in total. The Balaban J connectivity index is 2.03. The van der Waals surface area contributed by atoms with Crippen molar-refractivity contribution in [1.29, 1.82) is 0 Å². The Bertz CT molecular complexity index is 417. The fourth-order valence-corrected chi connectivity index (χ4v) is 2.19. The molecule has 1 saturated heterocycles. The highest BCUT2D eigenvalue weighted by atomic mass is 16.6.